The van der Waals surface area contributed by atoms with Crippen LogP contribution in [0.3, 0.4) is 0 Å². The summed E-state index contributed by atoms with van der Waals surface area (Å²) in [4.78, 5) is 10.3. The van der Waals surface area contributed by atoms with Crippen molar-refractivity contribution in [2.24, 2.45) is 0 Å². The number of carbonyl (C=O) groups is 1. The van der Waals surface area contributed by atoms with Crippen LogP contribution in [0.2, 0.25) is 0 Å². The molecule has 5 heteroatoms. The van der Waals surface area contributed by atoms with Crippen LogP contribution in [0.1, 0.15) is 10.4 Å². The Morgan fingerprint density at radius 2 is 1.83 bits per heavy atom. The van der Waals surface area contributed by atoms with Crippen LogP contribution in [0.4, 0.5) is 0 Å². The van der Waals surface area contributed by atoms with Crippen molar-refractivity contribution in [3.63, 3.8) is 0 Å². The molecule has 60 valence electrons. The fourth-order valence-corrected chi connectivity index (χ4v) is 0.695. The van der Waals surface area contributed by atoms with Crippen LogP contribution in [0.15, 0.2) is 18.2 Å². The second-order valence-electron chi connectivity index (χ2n) is 2.01. The van der Waals surface area contributed by atoms with Crippen molar-refractivity contribution in [3.05, 3.63) is 23.8 Å². The second-order valence-corrected chi connectivity index (χ2v) is 2.01. The van der Waals surface area contributed by atoms with Crippen molar-refractivity contribution in [1.29, 1.82) is 0 Å². The van der Waals surface area contributed by atoms with Gasteiger partial charge in [-0.2, -0.15) is 0 Å². The molecular weight excluding hydrogens is 155 g/mol. The predicted molar refractivity (Wildman–Crippen MR) is 43.9 cm³/mol. The quantitative estimate of drug-likeness (QED) is 0.405. The standard InChI is InChI=1S/C7H6O4.Li.H/c8-4-1-2-6(9)5(3-4)7(10)11;;/h1-3,8-9H,(H,10,11);;. The molecule has 3 N–H and O–H groups in total. The van der Waals surface area contributed by atoms with Crippen molar-refractivity contribution in [3.8, 4) is 11.5 Å². The number of aromatic carboxylic acids is 1. The zero-order chi connectivity index (χ0) is 8.43. The van der Waals surface area contributed by atoms with E-state index in [0.717, 1.165) is 12.1 Å². The Morgan fingerprint density at radius 3 is 2.25 bits per heavy atom. The number of phenols is 2. The summed E-state index contributed by atoms with van der Waals surface area (Å²) in [7, 11) is 0. The number of hydrogen-bond donors (Lipinski definition) is 3. The van der Waals surface area contributed by atoms with Gasteiger partial charge in [0, 0.05) is 0 Å². The van der Waals surface area contributed by atoms with E-state index < -0.39 is 5.97 Å². The van der Waals surface area contributed by atoms with E-state index in [1.165, 1.54) is 6.07 Å². The third-order valence-electron chi connectivity index (χ3n) is 1.21. The molecule has 1 aromatic rings. The number of carboxylic acids is 1. The van der Waals surface area contributed by atoms with Gasteiger partial charge in [-0.3, -0.25) is 0 Å². The molecule has 0 aromatic heterocycles. The molecule has 4 nitrogen and oxygen atoms in total. The zero-order valence-corrected chi connectivity index (χ0v) is 5.48. The van der Waals surface area contributed by atoms with Gasteiger partial charge < -0.3 is 15.3 Å². The van der Waals surface area contributed by atoms with E-state index >= 15 is 0 Å². The summed E-state index contributed by atoms with van der Waals surface area (Å²) in [6, 6.07) is 3.32. The van der Waals surface area contributed by atoms with Crippen LogP contribution in [0.25, 0.3) is 0 Å². The molecule has 0 heterocycles. The first kappa shape index (κ1) is 10.9. The summed E-state index contributed by atoms with van der Waals surface area (Å²) in [5.41, 5.74) is -0.301. The SMILES string of the molecule is O=C(O)c1cc(O)ccc1O.[LiH]. The van der Waals surface area contributed by atoms with Gasteiger partial charge in [0.2, 0.25) is 0 Å². The van der Waals surface area contributed by atoms with Crippen LogP contribution in [0, 0.1) is 0 Å². The fourth-order valence-electron chi connectivity index (χ4n) is 0.695. The Labute approximate surface area is 80.6 Å². The monoisotopic (exact) mass is 162 g/mol. The Morgan fingerprint density at radius 1 is 1.25 bits per heavy atom. The van der Waals surface area contributed by atoms with Crippen LogP contribution in [-0.2, 0) is 0 Å². The van der Waals surface area contributed by atoms with Gasteiger partial charge in [-0.1, -0.05) is 0 Å². The fraction of sp³-hybridized carbons (Fsp3) is 0. The molecule has 0 unspecified atom stereocenters. The topological polar surface area (TPSA) is 77.8 Å². The first-order chi connectivity index (χ1) is 5.11. The van der Waals surface area contributed by atoms with Crippen molar-refractivity contribution >= 4 is 24.8 Å². The molecule has 0 atom stereocenters. The van der Waals surface area contributed by atoms with E-state index in [-0.39, 0.29) is 35.9 Å². The van der Waals surface area contributed by atoms with E-state index in [2.05, 4.69) is 0 Å². The van der Waals surface area contributed by atoms with E-state index in [1.807, 2.05) is 0 Å². The summed E-state index contributed by atoms with van der Waals surface area (Å²) in [5.74, 6) is -1.80. The Balaban J connectivity index is 0.00000121. The summed E-state index contributed by atoms with van der Waals surface area (Å²) >= 11 is 0. The predicted octanol–water partition coefficient (Wildman–Crippen LogP) is 0.147. The van der Waals surface area contributed by atoms with Gasteiger partial charge in [0.1, 0.15) is 17.1 Å². The summed E-state index contributed by atoms with van der Waals surface area (Å²) in [5, 5.41) is 26.1. The zero-order valence-electron chi connectivity index (χ0n) is 5.48. The van der Waals surface area contributed by atoms with E-state index in [1.54, 1.807) is 0 Å². The molecule has 0 aliphatic rings. The Kier molecular flexibility index (Phi) is 3.67. The summed E-state index contributed by atoms with van der Waals surface area (Å²) < 4.78 is 0. The van der Waals surface area contributed by atoms with Crippen molar-refractivity contribution < 1.29 is 20.1 Å². The number of carboxylic acid groups (broad SMARTS) is 1. The number of phenolic OH excluding ortho intramolecular Hbond substituents is 1. The van der Waals surface area contributed by atoms with Crippen LogP contribution < -0.4 is 0 Å². The van der Waals surface area contributed by atoms with E-state index in [9.17, 15) is 4.79 Å². The van der Waals surface area contributed by atoms with E-state index in [0.29, 0.717) is 0 Å². The average Bonchev–Trinajstić information content (AvgIpc) is 1.94. The molecule has 1 aromatic carbocycles. The van der Waals surface area contributed by atoms with Crippen molar-refractivity contribution in [2.45, 2.75) is 0 Å². The first-order valence-corrected chi connectivity index (χ1v) is 2.86. The van der Waals surface area contributed by atoms with Gasteiger partial charge in [-0.25, -0.2) is 4.79 Å². The van der Waals surface area contributed by atoms with Crippen LogP contribution >= 0.6 is 0 Å². The van der Waals surface area contributed by atoms with Crippen molar-refractivity contribution in [1.82, 2.24) is 0 Å². The minimum absolute atomic E-state index is 0. The number of benzene rings is 1. The molecule has 0 bridgehead atoms. The van der Waals surface area contributed by atoms with Gasteiger partial charge in [-0.15, -0.1) is 0 Å². The van der Waals surface area contributed by atoms with Gasteiger partial charge in [0.15, 0.2) is 0 Å². The average molecular weight is 162 g/mol. The minimum atomic E-state index is -1.27. The summed E-state index contributed by atoms with van der Waals surface area (Å²) in [6.45, 7) is 0. The van der Waals surface area contributed by atoms with Crippen LogP contribution in [-0.4, -0.2) is 40.1 Å². The second kappa shape index (κ2) is 4.05. The number of rotatable bonds is 1. The Hall–Kier alpha value is -1.11. The molecule has 1 rings (SSSR count). The van der Waals surface area contributed by atoms with Gasteiger partial charge in [0.05, 0.1) is 0 Å². The van der Waals surface area contributed by atoms with Crippen molar-refractivity contribution in [2.75, 3.05) is 0 Å². The molecule has 0 aliphatic heterocycles. The molecule has 0 amide bonds. The molecular formula is C7H7LiO4. The van der Waals surface area contributed by atoms with Gasteiger partial charge in [-0.05, 0) is 18.2 Å². The Bertz CT molecular complexity index is 297. The molecule has 0 spiro atoms. The number of hydrogen-bond acceptors (Lipinski definition) is 3. The third-order valence-corrected chi connectivity index (χ3v) is 1.21. The summed E-state index contributed by atoms with van der Waals surface area (Å²) in [6.07, 6.45) is 0. The molecule has 0 saturated heterocycles. The van der Waals surface area contributed by atoms with Gasteiger partial charge in [0.25, 0.3) is 0 Å². The molecule has 12 heavy (non-hydrogen) atoms. The first-order valence-electron chi connectivity index (χ1n) is 2.86. The molecule has 0 fully saturated rings. The van der Waals surface area contributed by atoms with Gasteiger partial charge >= 0.3 is 24.8 Å². The van der Waals surface area contributed by atoms with Crippen LogP contribution in [0.5, 0.6) is 11.5 Å². The molecule has 0 radical (unpaired) electrons. The number of aromatic hydroxyl groups is 2. The maximum atomic E-state index is 10.3. The molecule has 0 saturated carbocycles. The third kappa shape index (κ3) is 2.19. The van der Waals surface area contributed by atoms with E-state index in [4.69, 9.17) is 15.3 Å². The maximum absolute atomic E-state index is 10.3. The molecule has 0 aliphatic carbocycles. The normalized spacial score (nSPS) is 8.67.